The number of aryl methyl sites for hydroxylation is 1. The predicted molar refractivity (Wildman–Crippen MR) is 138 cm³/mol. The van der Waals surface area contributed by atoms with Gasteiger partial charge in [0.25, 0.3) is 0 Å². The van der Waals surface area contributed by atoms with Gasteiger partial charge >= 0.3 is 0 Å². The van der Waals surface area contributed by atoms with E-state index in [2.05, 4.69) is 0 Å². The fraction of sp³-hybridized carbons (Fsp3) is 0.759. The highest BCUT2D eigenvalue weighted by molar-refractivity contribution is 5.87. The summed E-state index contributed by atoms with van der Waals surface area (Å²) in [5.41, 5.74) is 0.710. The van der Waals surface area contributed by atoms with Crippen LogP contribution in [0, 0.1) is 43.4 Å². The van der Waals surface area contributed by atoms with Crippen molar-refractivity contribution >= 4 is 11.6 Å². The minimum atomic E-state index is -2.04. The lowest BCUT2D eigenvalue weighted by atomic mass is 9.67. The lowest BCUT2D eigenvalue weighted by Gasteiger charge is -2.60. The van der Waals surface area contributed by atoms with Gasteiger partial charge in [-0.2, -0.15) is 0 Å². The van der Waals surface area contributed by atoms with E-state index in [-0.39, 0.29) is 22.8 Å². The normalized spacial score (nSPS) is 38.0. The highest BCUT2D eigenvalue weighted by Crippen LogP contribution is 2.54. The summed E-state index contributed by atoms with van der Waals surface area (Å²) >= 11 is 0. The molecule has 0 aliphatic carbocycles. The van der Waals surface area contributed by atoms with Gasteiger partial charge in [-0.25, -0.2) is 0 Å². The maximum absolute atomic E-state index is 13.5. The molecule has 0 aromatic carbocycles. The Morgan fingerprint density at radius 1 is 1.03 bits per heavy atom. The van der Waals surface area contributed by atoms with E-state index in [9.17, 15) is 24.6 Å². The van der Waals surface area contributed by atoms with Crippen LogP contribution in [0.4, 0.5) is 0 Å². The molecule has 1 aromatic heterocycles. The van der Waals surface area contributed by atoms with Crippen LogP contribution in [-0.2, 0) is 25.5 Å². The lowest BCUT2D eigenvalue weighted by Crippen LogP contribution is -2.72. The van der Waals surface area contributed by atoms with Crippen molar-refractivity contribution in [1.29, 1.82) is 0 Å². The zero-order chi connectivity index (χ0) is 28.2. The van der Waals surface area contributed by atoms with Gasteiger partial charge < -0.3 is 24.1 Å². The van der Waals surface area contributed by atoms with E-state index in [4.69, 9.17) is 13.9 Å². The summed E-state index contributed by atoms with van der Waals surface area (Å²) < 4.78 is 19.2. The van der Waals surface area contributed by atoms with Crippen LogP contribution < -0.4 is 5.43 Å². The van der Waals surface area contributed by atoms with Gasteiger partial charge in [0.05, 0.1) is 24.0 Å². The first-order valence-corrected chi connectivity index (χ1v) is 13.6. The second-order valence-electron chi connectivity index (χ2n) is 11.3. The van der Waals surface area contributed by atoms with Crippen LogP contribution in [0.1, 0.15) is 90.4 Å². The average molecular weight is 521 g/mol. The zero-order valence-electron chi connectivity index (χ0n) is 23.9. The van der Waals surface area contributed by atoms with E-state index in [0.29, 0.717) is 29.7 Å². The second-order valence-corrected chi connectivity index (χ2v) is 11.3. The van der Waals surface area contributed by atoms with Gasteiger partial charge in [0.1, 0.15) is 23.1 Å². The smallest absolute Gasteiger partial charge is 0.191 e. The van der Waals surface area contributed by atoms with Crippen molar-refractivity contribution in [2.45, 2.75) is 112 Å². The van der Waals surface area contributed by atoms with Crippen LogP contribution in [0.25, 0.3) is 0 Å². The molecule has 0 amide bonds. The van der Waals surface area contributed by atoms with E-state index < -0.39 is 59.3 Å². The Kier molecular flexibility index (Phi) is 8.31. The van der Waals surface area contributed by atoms with Crippen molar-refractivity contribution in [2.24, 2.45) is 29.6 Å². The summed E-state index contributed by atoms with van der Waals surface area (Å²) in [5, 5.41) is 23.6. The van der Waals surface area contributed by atoms with Gasteiger partial charge in [-0.15, -0.1) is 0 Å². The SMILES string of the molecule is CCC(=O)[C@@H](C)[C@@H]1O[C@@]2(O[C@@](O)([C@H](C)c3oc(CC)c(C)c(=O)c3C)[C@H](C)[C@H](O)[C@@H]2C)[C@@H](C)C(=O)[C@H]1C. The summed E-state index contributed by atoms with van der Waals surface area (Å²) in [6.45, 7) is 17.3. The number of carbonyl (C=O) groups excluding carboxylic acids is 2. The summed E-state index contributed by atoms with van der Waals surface area (Å²) in [6.07, 6.45) is -1.08. The quantitative estimate of drug-likeness (QED) is 0.580. The first-order valence-electron chi connectivity index (χ1n) is 13.6. The van der Waals surface area contributed by atoms with Crippen LogP contribution in [-0.4, -0.2) is 45.6 Å². The minimum absolute atomic E-state index is 0.0421. The molecule has 2 saturated heterocycles. The van der Waals surface area contributed by atoms with Gasteiger partial charge in [-0.05, 0) is 13.8 Å². The molecule has 0 bridgehead atoms. The van der Waals surface area contributed by atoms with Crippen molar-refractivity contribution in [3.63, 3.8) is 0 Å². The van der Waals surface area contributed by atoms with Crippen molar-refractivity contribution in [3.05, 3.63) is 32.9 Å². The van der Waals surface area contributed by atoms with Gasteiger partial charge in [0.2, 0.25) is 0 Å². The maximum Gasteiger partial charge on any atom is 0.191 e. The number of hydrogen-bond acceptors (Lipinski definition) is 8. The molecule has 3 heterocycles. The van der Waals surface area contributed by atoms with Gasteiger partial charge in [-0.1, -0.05) is 55.4 Å². The number of ether oxygens (including phenoxy) is 2. The molecule has 0 saturated carbocycles. The van der Waals surface area contributed by atoms with Gasteiger partial charge in [0.15, 0.2) is 17.0 Å². The topological polar surface area (TPSA) is 123 Å². The highest BCUT2D eigenvalue weighted by atomic mass is 16.8. The van der Waals surface area contributed by atoms with E-state index >= 15 is 0 Å². The van der Waals surface area contributed by atoms with Gasteiger partial charge in [-0.3, -0.25) is 14.4 Å². The molecule has 208 valence electrons. The van der Waals surface area contributed by atoms with E-state index in [0.717, 1.165) is 0 Å². The molecular formula is C29H44O8. The number of Topliss-reactive ketones (excluding diaryl/α,β-unsaturated/α-hetero) is 2. The third-order valence-corrected chi connectivity index (χ3v) is 9.31. The van der Waals surface area contributed by atoms with Crippen molar-refractivity contribution in [3.8, 4) is 0 Å². The first kappa shape index (κ1) is 29.7. The number of ketones is 2. The zero-order valence-corrected chi connectivity index (χ0v) is 23.9. The summed E-state index contributed by atoms with van der Waals surface area (Å²) in [7, 11) is 0. The highest BCUT2D eigenvalue weighted by Gasteiger charge is 2.66. The average Bonchev–Trinajstić information content (AvgIpc) is 2.88. The van der Waals surface area contributed by atoms with Crippen molar-refractivity contribution < 1.29 is 33.7 Å². The molecule has 10 atom stereocenters. The minimum Gasteiger partial charge on any atom is -0.465 e. The van der Waals surface area contributed by atoms with E-state index in [1.807, 2.05) is 6.92 Å². The number of aliphatic hydroxyl groups is 2. The summed E-state index contributed by atoms with van der Waals surface area (Å²) in [4.78, 5) is 39.1. The molecule has 2 aliphatic heterocycles. The number of hydrogen-bond donors (Lipinski definition) is 2. The van der Waals surface area contributed by atoms with Crippen LogP contribution in [0.5, 0.6) is 0 Å². The van der Waals surface area contributed by atoms with Crippen molar-refractivity contribution in [2.75, 3.05) is 0 Å². The number of aliphatic hydroxyl groups excluding tert-OH is 1. The number of carbonyl (C=O) groups is 2. The fourth-order valence-corrected chi connectivity index (χ4v) is 6.41. The maximum atomic E-state index is 13.5. The van der Waals surface area contributed by atoms with Gasteiger partial charge in [0, 0.05) is 47.6 Å². The third-order valence-electron chi connectivity index (χ3n) is 9.31. The fourth-order valence-electron chi connectivity index (χ4n) is 6.41. The molecule has 3 rings (SSSR count). The Hall–Kier alpha value is -1.87. The lowest BCUT2D eigenvalue weighted by molar-refractivity contribution is -0.449. The first-order chi connectivity index (χ1) is 17.1. The van der Waals surface area contributed by atoms with E-state index in [1.54, 1.807) is 62.3 Å². The molecule has 0 unspecified atom stereocenters. The van der Waals surface area contributed by atoms with Crippen LogP contribution in [0.2, 0.25) is 0 Å². The summed E-state index contributed by atoms with van der Waals surface area (Å²) in [5.74, 6) is -7.45. The molecule has 37 heavy (non-hydrogen) atoms. The molecule has 0 radical (unpaired) electrons. The monoisotopic (exact) mass is 520 g/mol. The Balaban J connectivity index is 2.16. The largest absolute Gasteiger partial charge is 0.465 e. The molecule has 2 fully saturated rings. The van der Waals surface area contributed by atoms with Crippen LogP contribution in [0.3, 0.4) is 0 Å². The second kappa shape index (κ2) is 10.4. The Bertz CT molecular complexity index is 1100. The number of rotatable bonds is 6. The Morgan fingerprint density at radius 3 is 2.16 bits per heavy atom. The Morgan fingerprint density at radius 2 is 1.62 bits per heavy atom. The van der Waals surface area contributed by atoms with Crippen LogP contribution >= 0.6 is 0 Å². The molecular weight excluding hydrogens is 476 g/mol. The predicted octanol–water partition coefficient (Wildman–Crippen LogP) is 3.83. The molecule has 8 heteroatoms. The molecule has 1 spiro atoms. The summed E-state index contributed by atoms with van der Waals surface area (Å²) in [6, 6.07) is 0. The molecule has 1 aromatic rings. The standard InChI is InChI=1S/C29H44O8/c1-11-21(30)13(3)26-16(6)24(32)18(8)29(36-26)19(9)25(33)17(7)28(34,37-29)20(10)27-15(5)23(31)14(4)22(12-2)35-27/h13,16-20,25-26,33-34H,11-12H2,1-10H3/t13-,16-,17-,18+,19+,20-,25+,26+,28-,29-/m1/s1. The van der Waals surface area contributed by atoms with Crippen molar-refractivity contribution in [1.82, 2.24) is 0 Å². The molecule has 2 N–H and O–H groups in total. The Labute approximate surface area is 219 Å². The van der Waals surface area contributed by atoms with Crippen LogP contribution in [0.15, 0.2) is 9.21 Å². The molecule has 8 nitrogen and oxygen atoms in total. The molecule has 2 aliphatic rings. The van der Waals surface area contributed by atoms with E-state index in [1.165, 1.54) is 0 Å². The third kappa shape index (κ3) is 4.44.